The highest BCUT2D eigenvalue weighted by atomic mass is 32.2. The normalized spacial score (nSPS) is 13.1. The third-order valence-corrected chi connectivity index (χ3v) is 3.47. The Labute approximate surface area is 118 Å². The second-order valence-corrected chi connectivity index (χ2v) is 5.14. The standard InChI is InChI=1S/C13H15F4NOS/c1-3-9(7-20-2)18-12(19)8-4-5-11(14)10(6-8)13(15,16)17/h4-6,9H,3,7H2,1-2H3,(H,18,19). The second kappa shape index (κ2) is 6.97. The summed E-state index contributed by atoms with van der Waals surface area (Å²) in [5.41, 5.74) is -1.62. The van der Waals surface area contributed by atoms with Crippen molar-refractivity contribution in [1.82, 2.24) is 5.32 Å². The van der Waals surface area contributed by atoms with E-state index >= 15 is 0 Å². The molecule has 0 aliphatic rings. The van der Waals surface area contributed by atoms with Gasteiger partial charge >= 0.3 is 6.18 Å². The molecule has 1 atom stereocenters. The molecule has 0 heterocycles. The molecule has 1 aromatic rings. The first kappa shape index (κ1) is 16.8. The van der Waals surface area contributed by atoms with Crippen LogP contribution in [0.15, 0.2) is 18.2 Å². The summed E-state index contributed by atoms with van der Waals surface area (Å²) in [6, 6.07) is 2.12. The Kier molecular flexibility index (Phi) is 5.86. The van der Waals surface area contributed by atoms with Gasteiger partial charge in [0.2, 0.25) is 0 Å². The number of carbonyl (C=O) groups excluding carboxylic acids is 1. The lowest BCUT2D eigenvalue weighted by atomic mass is 10.1. The van der Waals surface area contributed by atoms with Crippen molar-refractivity contribution < 1.29 is 22.4 Å². The zero-order chi connectivity index (χ0) is 15.3. The zero-order valence-electron chi connectivity index (χ0n) is 11.1. The van der Waals surface area contributed by atoms with Crippen molar-refractivity contribution in [1.29, 1.82) is 0 Å². The molecule has 1 amide bonds. The minimum Gasteiger partial charge on any atom is -0.348 e. The number of rotatable bonds is 5. The first-order chi connectivity index (χ1) is 9.29. The molecular weight excluding hydrogens is 294 g/mol. The number of thioether (sulfide) groups is 1. The van der Waals surface area contributed by atoms with Crippen molar-refractivity contribution in [3.8, 4) is 0 Å². The molecule has 1 N–H and O–H groups in total. The van der Waals surface area contributed by atoms with Crippen LogP contribution in [-0.2, 0) is 6.18 Å². The molecule has 0 aliphatic carbocycles. The van der Waals surface area contributed by atoms with Crippen molar-refractivity contribution in [2.45, 2.75) is 25.6 Å². The molecule has 7 heteroatoms. The maximum atomic E-state index is 13.1. The minimum atomic E-state index is -4.82. The predicted octanol–water partition coefficient (Wildman–Crippen LogP) is 3.72. The van der Waals surface area contributed by atoms with E-state index in [0.717, 1.165) is 6.07 Å². The molecular formula is C13H15F4NOS. The summed E-state index contributed by atoms with van der Waals surface area (Å²) in [6.07, 6.45) is -2.28. The van der Waals surface area contributed by atoms with E-state index < -0.39 is 23.5 Å². The van der Waals surface area contributed by atoms with E-state index in [2.05, 4.69) is 5.32 Å². The average molecular weight is 309 g/mol. The van der Waals surface area contributed by atoms with Crippen LogP contribution in [0.1, 0.15) is 29.3 Å². The van der Waals surface area contributed by atoms with Gasteiger partial charge in [0, 0.05) is 17.4 Å². The Balaban J connectivity index is 2.94. The fourth-order valence-corrected chi connectivity index (χ4v) is 2.34. The maximum Gasteiger partial charge on any atom is 0.419 e. The molecule has 2 nitrogen and oxygen atoms in total. The molecule has 112 valence electrons. The quantitative estimate of drug-likeness (QED) is 0.840. The molecule has 1 rings (SSSR count). The van der Waals surface area contributed by atoms with E-state index in [1.54, 1.807) is 0 Å². The Morgan fingerprint density at radius 3 is 2.55 bits per heavy atom. The fourth-order valence-electron chi connectivity index (χ4n) is 1.62. The van der Waals surface area contributed by atoms with Gasteiger partial charge in [-0.3, -0.25) is 4.79 Å². The van der Waals surface area contributed by atoms with Crippen molar-refractivity contribution >= 4 is 17.7 Å². The first-order valence-electron chi connectivity index (χ1n) is 5.96. The summed E-state index contributed by atoms with van der Waals surface area (Å²) in [5.74, 6) is -1.35. The van der Waals surface area contributed by atoms with Crippen molar-refractivity contribution in [2.75, 3.05) is 12.0 Å². The fraction of sp³-hybridized carbons (Fsp3) is 0.462. The minimum absolute atomic E-state index is 0.128. The molecule has 0 saturated heterocycles. The first-order valence-corrected chi connectivity index (χ1v) is 7.35. The molecule has 1 unspecified atom stereocenters. The highest BCUT2D eigenvalue weighted by molar-refractivity contribution is 7.98. The third-order valence-electron chi connectivity index (χ3n) is 2.73. The molecule has 0 spiro atoms. The van der Waals surface area contributed by atoms with Gasteiger partial charge in [-0.1, -0.05) is 6.92 Å². The number of hydrogen-bond acceptors (Lipinski definition) is 2. The summed E-state index contributed by atoms with van der Waals surface area (Å²) in [7, 11) is 0. The summed E-state index contributed by atoms with van der Waals surface area (Å²) < 4.78 is 50.8. The third kappa shape index (κ3) is 4.40. The molecule has 20 heavy (non-hydrogen) atoms. The van der Waals surface area contributed by atoms with Gasteiger partial charge in [0.1, 0.15) is 5.82 Å². The van der Waals surface area contributed by atoms with E-state index in [1.165, 1.54) is 11.8 Å². The lowest BCUT2D eigenvalue weighted by Gasteiger charge is -2.16. The smallest absolute Gasteiger partial charge is 0.348 e. The summed E-state index contributed by atoms with van der Waals surface area (Å²) in [5, 5.41) is 2.63. The van der Waals surface area contributed by atoms with E-state index in [-0.39, 0.29) is 11.6 Å². The number of hydrogen-bond donors (Lipinski definition) is 1. The monoisotopic (exact) mass is 309 g/mol. The number of alkyl halides is 3. The van der Waals surface area contributed by atoms with Gasteiger partial charge in [0.05, 0.1) is 5.56 Å². The lowest BCUT2D eigenvalue weighted by Crippen LogP contribution is -2.36. The van der Waals surface area contributed by atoms with Gasteiger partial charge < -0.3 is 5.32 Å². The van der Waals surface area contributed by atoms with E-state index in [9.17, 15) is 22.4 Å². The number of halogens is 4. The van der Waals surface area contributed by atoms with E-state index in [4.69, 9.17) is 0 Å². The highest BCUT2D eigenvalue weighted by Crippen LogP contribution is 2.31. The van der Waals surface area contributed by atoms with Crippen LogP contribution < -0.4 is 5.32 Å². The van der Waals surface area contributed by atoms with Crippen LogP contribution in [0.2, 0.25) is 0 Å². The molecule has 0 saturated carbocycles. The number of benzene rings is 1. The topological polar surface area (TPSA) is 29.1 Å². The zero-order valence-corrected chi connectivity index (χ0v) is 11.9. The summed E-state index contributed by atoms with van der Waals surface area (Å²) in [6.45, 7) is 1.87. The Hall–Kier alpha value is -1.24. The van der Waals surface area contributed by atoms with Gasteiger partial charge in [-0.2, -0.15) is 24.9 Å². The second-order valence-electron chi connectivity index (χ2n) is 4.23. The van der Waals surface area contributed by atoms with Gasteiger partial charge in [-0.05, 0) is 30.9 Å². The van der Waals surface area contributed by atoms with E-state index in [0.29, 0.717) is 24.3 Å². The Bertz CT molecular complexity index is 476. The molecule has 0 aliphatic heterocycles. The van der Waals surface area contributed by atoms with Crippen LogP contribution in [0.5, 0.6) is 0 Å². The van der Waals surface area contributed by atoms with Crippen molar-refractivity contribution in [3.63, 3.8) is 0 Å². The number of nitrogens with one attached hydrogen (secondary N) is 1. The molecule has 0 bridgehead atoms. The highest BCUT2D eigenvalue weighted by Gasteiger charge is 2.34. The van der Waals surface area contributed by atoms with Crippen LogP contribution in [0.4, 0.5) is 17.6 Å². The number of amides is 1. The van der Waals surface area contributed by atoms with Crippen LogP contribution in [0.3, 0.4) is 0 Å². The van der Waals surface area contributed by atoms with Crippen LogP contribution in [0.25, 0.3) is 0 Å². The molecule has 0 aromatic heterocycles. The van der Waals surface area contributed by atoms with Crippen LogP contribution in [0, 0.1) is 5.82 Å². The number of carbonyl (C=O) groups is 1. The van der Waals surface area contributed by atoms with E-state index in [1.807, 2.05) is 13.2 Å². The Morgan fingerprint density at radius 2 is 2.05 bits per heavy atom. The maximum absolute atomic E-state index is 13.1. The van der Waals surface area contributed by atoms with Gasteiger partial charge in [-0.25, -0.2) is 4.39 Å². The van der Waals surface area contributed by atoms with Gasteiger partial charge in [-0.15, -0.1) is 0 Å². The Morgan fingerprint density at radius 1 is 1.40 bits per heavy atom. The van der Waals surface area contributed by atoms with Gasteiger partial charge in [0.15, 0.2) is 0 Å². The van der Waals surface area contributed by atoms with Crippen molar-refractivity contribution in [2.24, 2.45) is 0 Å². The molecule has 0 fully saturated rings. The SMILES string of the molecule is CCC(CSC)NC(=O)c1ccc(F)c(C(F)(F)F)c1. The van der Waals surface area contributed by atoms with Crippen LogP contribution >= 0.6 is 11.8 Å². The average Bonchev–Trinajstić information content (AvgIpc) is 2.37. The van der Waals surface area contributed by atoms with Gasteiger partial charge in [0.25, 0.3) is 5.91 Å². The van der Waals surface area contributed by atoms with Crippen LogP contribution in [-0.4, -0.2) is 24.0 Å². The summed E-state index contributed by atoms with van der Waals surface area (Å²) in [4.78, 5) is 11.9. The molecule has 0 radical (unpaired) electrons. The lowest BCUT2D eigenvalue weighted by molar-refractivity contribution is -0.140. The summed E-state index contributed by atoms with van der Waals surface area (Å²) >= 11 is 1.53. The molecule has 1 aromatic carbocycles. The predicted molar refractivity (Wildman–Crippen MR) is 71.3 cm³/mol. The van der Waals surface area contributed by atoms with Crippen molar-refractivity contribution in [3.05, 3.63) is 35.1 Å². The largest absolute Gasteiger partial charge is 0.419 e.